The molecule has 6 heteroatoms. The summed E-state index contributed by atoms with van der Waals surface area (Å²) < 4.78 is 0. The lowest BCUT2D eigenvalue weighted by Crippen LogP contribution is -2.31. The van der Waals surface area contributed by atoms with E-state index in [-0.39, 0.29) is 12.1 Å². The molecule has 1 aromatic heterocycles. The van der Waals surface area contributed by atoms with E-state index >= 15 is 0 Å². The molecule has 0 bridgehead atoms. The average Bonchev–Trinajstić information content (AvgIpc) is 3.18. The van der Waals surface area contributed by atoms with E-state index in [1.54, 1.807) is 22.2 Å². The van der Waals surface area contributed by atoms with Crippen LogP contribution in [0.15, 0.2) is 47.9 Å². The highest BCUT2D eigenvalue weighted by Crippen LogP contribution is 2.36. The van der Waals surface area contributed by atoms with Crippen molar-refractivity contribution in [1.82, 2.24) is 4.98 Å². The lowest BCUT2D eigenvalue weighted by atomic mass is 10.1. The Kier molecular flexibility index (Phi) is 3.29. The molecule has 23 heavy (non-hydrogen) atoms. The van der Waals surface area contributed by atoms with Gasteiger partial charge in [0.25, 0.3) is 0 Å². The van der Waals surface area contributed by atoms with Crippen LogP contribution in [0.1, 0.15) is 23.6 Å². The topological polar surface area (TPSA) is 65.9 Å². The molecule has 1 atom stereocenters. The number of aryl methyl sites for hydroxylation is 1. The predicted molar refractivity (Wildman–Crippen MR) is 87.6 cm³/mol. The first kappa shape index (κ1) is 13.9. The molecule has 1 fully saturated rings. The van der Waals surface area contributed by atoms with Crippen LogP contribution in [0.4, 0.5) is 16.2 Å². The number of benzene rings is 1. The predicted octanol–water partition coefficient (Wildman–Crippen LogP) is 3.28. The number of fused-ring (bicyclic) bond motifs is 1. The summed E-state index contributed by atoms with van der Waals surface area (Å²) in [4.78, 5) is 31.1. The van der Waals surface area contributed by atoms with Gasteiger partial charge in [-0.1, -0.05) is 11.2 Å². The van der Waals surface area contributed by atoms with Crippen LogP contribution < -0.4 is 9.80 Å². The Morgan fingerprint density at radius 2 is 1.96 bits per heavy atom. The zero-order valence-corrected chi connectivity index (χ0v) is 12.6. The van der Waals surface area contributed by atoms with Crippen LogP contribution in [-0.2, 0) is 6.42 Å². The molecule has 2 heterocycles. The van der Waals surface area contributed by atoms with Crippen LogP contribution in [0.25, 0.3) is 0 Å². The van der Waals surface area contributed by atoms with Crippen molar-refractivity contribution in [3.8, 4) is 0 Å². The number of aromatic nitrogens is 1. The SMILES string of the molecule is O=NC1CCc2cc(N3CCN(c4cccnc4)C3=O)ccc21. The van der Waals surface area contributed by atoms with Crippen LogP contribution in [0.5, 0.6) is 0 Å². The number of rotatable bonds is 3. The minimum Gasteiger partial charge on any atom is -0.292 e. The van der Waals surface area contributed by atoms with Gasteiger partial charge >= 0.3 is 6.03 Å². The van der Waals surface area contributed by atoms with Crippen LogP contribution in [0.2, 0.25) is 0 Å². The summed E-state index contributed by atoms with van der Waals surface area (Å²) in [5, 5.41) is 3.18. The molecule has 116 valence electrons. The van der Waals surface area contributed by atoms with Gasteiger partial charge in [-0.25, -0.2) is 4.79 Å². The van der Waals surface area contributed by atoms with Gasteiger partial charge in [-0.05, 0) is 48.2 Å². The van der Waals surface area contributed by atoms with Crippen molar-refractivity contribution in [2.24, 2.45) is 5.18 Å². The van der Waals surface area contributed by atoms with Gasteiger partial charge in [0.15, 0.2) is 0 Å². The third-order valence-corrected chi connectivity index (χ3v) is 4.58. The van der Waals surface area contributed by atoms with Gasteiger partial charge in [0.2, 0.25) is 0 Å². The molecule has 0 N–H and O–H groups in total. The van der Waals surface area contributed by atoms with Gasteiger partial charge in [-0.15, -0.1) is 0 Å². The van der Waals surface area contributed by atoms with Crippen molar-refractivity contribution in [3.63, 3.8) is 0 Å². The molecule has 2 amide bonds. The summed E-state index contributed by atoms with van der Waals surface area (Å²) in [5.41, 5.74) is 3.82. The van der Waals surface area contributed by atoms with Gasteiger partial charge < -0.3 is 0 Å². The quantitative estimate of drug-likeness (QED) is 0.817. The Balaban J connectivity index is 1.60. The molecule has 0 radical (unpaired) electrons. The second-order valence-electron chi connectivity index (χ2n) is 5.84. The second kappa shape index (κ2) is 5.46. The van der Waals surface area contributed by atoms with E-state index in [2.05, 4.69) is 10.2 Å². The van der Waals surface area contributed by atoms with E-state index in [9.17, 15) is 9.70 Å². The Bertz CT molecular complexity index is 762. The molecule has 0 saturated carbocycles. The molecule has 1 unspecified atom stereocenters. The number of nitroso groups, excluding NO2 is 1. The summed E-state index contributed by atoms with van der Waals surface area (Å²) in [6.07, 6.45) is 5.00. The monoisotopic (exact) mass is 308 g/mol. The zero-order chi connectivity index (χ0) is 15.8. The van der Waals surface area contributed by atoms with Gasteiger partial charge in [0, 0.05) is 25.0 Å². The largest absolute Gasteiger partial charge is 0.329 e. The van der Waals surface area contributed by atoms with E-state index in [0.717, 1.165) is 35.3 Å². The number of hydrogen-bond acceptors (Lipinski definition) is 4. The fourth-order valence-corrected chi connectivity index (χ4v) is 3.39. The van der Waals surface area contributed by atoms with E-state index in [1.165, 1.54) is 0 Å². The lowest BCUT2D eigenvalue weighted by molar-refractivity contribution is 0.256. The van der Waals surface area contributed by atoms with Crippen LogP contribution in [0, 0.1) is 4.91 Å². The van der Waals surface area contributed by atoms with Crippen molar-refractivity contribution >= 4 is 17.4 Å². The van der Waals surface area contributed by atoms with Crippen LogP contribution in [-0.4, -0.2) is 24.1 Å². The average molecular weight is 308 g/mol. The molecular weight excluding hydrogens is 292 g/mol. The number of pyridine rings is 1. The molecule has 2 aliphatic rings. The number of hydrogen-bond donors (Lipinski definition) is 0. The Morgan fingerprint density at radius 1 is 1.13 bits per heavy atom. The molecule has 1 saturated heterocycles. The number of nitrogens with zero attached hydrogens (tertiary/aromatic N) is 4. The highest BCUT2D eigenvalue weighted by Gasteiger charge is 2.32. The van der Waals surface area contributed by atoms with Crippen LogP contribution in [0.3, 0.4) is 0 Å². The number of urea groups is 1. The summed E-state index contributed by atoms with van der Waals surface area (Å²) in [6, 6.07) is 9.30. The van der Waals surface area contributed by atoms with E-state index in [4.69, 9.17) is 0 Å². The zero-order valence-electron chi connectivity index (χ0n) is 12.6. The third kappa shape index (κ3) is 2.27. The molecule has 4 rings (SSSR count). The van der Waals surface area contributed by atoms with E-state index < -0.39 is 0 Å². The van der Waals surface area contributed by atoms with Crippen molar-refractivity contribution < 1.29 is 4.79 Å². The minimum absolute atomic E-state index is 0.0407. The molecule has 1 aliphatic heterocycles. The van der Waals surface area contributed by atoms with Crippen molar-refractivity contribution in [3.05, 3.63) is 58.8 Å². The number of carbonyl (C=O) groups is 1. The van der Waals surface area contributed by atoms with Crippen LogP contribution >= 0.6 is 0 Å². The molecule has 0 spiro atoms. The van der Waals surface area contributed by atoms with Gasteiger partial charge in [-0.3, -0.25) is 14.8 Å². The standard InChI is InChI=1S/C17H16N4O2/c22-17-20(8-9-21(17)14-2-1-7-18-11-14)13-4-5-15-12(10-13)3-6-16(15)19-23/h1-2,4-5,7,10-11,16H,3,6,8-9H2. The summed E-state index contributed by atoms with van der Waals surface area (Å²) in [7, 11) is 0. The van der Waals surface area contributed by atoms with E-state index in [1.807, 2.05) is 30.3 Å². The normalized spacial score (nSPS) is 20.0. The molecule has 6 nitrogen and oxygen atoms in total. The van der Waals surface area contributed by atoms with Gasteiger partial charge in [-0.2, -0.15) is 4.91 Å². The first-order chi connectivity index (χ1) is 11.3. The van der Waals surface area contributed by atoms with Gasteiger partial charge in [0.05, 0.1) is 11.9 Å². The first-order valence-electron chi connectivity index (χ1n) is 7.72. The summed E-state index contributed by atoms with van der Waals surface area (Å²) >= 11 is 0. The molecule has 1 aliphatic carbocycles. The number of carbonyl (C=O) groups excluding carboxylic acids is 1. The third-order valence-electron chi connectivity index (χ3n) is 4.58. The molecular formula is C17H16N4O2. The fraction of sp³-hybridized carbons (Fsp3) is 0.294. The Morgan fingerprint density at radius 3 is 2.70 bits per heavy atom. The number of amides is 2. The highest BCUT2D eigenvalue weighted by atomic mass is 16.3. The molecule has 2 aromatic rings. The Hall–Kier alpha value is -2.76. The molecule has 1 aromatic carbocycles. The van der Waals surface area contributed by atoms with Crippen molar-refractivity contribution in [2.75, 3.05) is 22.9 Å². The Labute approximate surface area is 133 Å². The first-order valence-corrected chi connectivity index (χ1v) is 7.72. The second-order valence-corrected chi connectivity index (χ2v) is 5.84. The number of anilines is 2. The van der Waals surface area contributed by atoms with E-state index in [0.29, 0.717) is 13.1 Å². The maximum absolute atomic E-state index is 12.7. The summed E-state index contributed by atoms with van der Waals surface area (Å²) in [6.45, 7) is 1.28. The highest BCUT2D eigenvalue weighted by molar-refractivity contribution is 6.06. The maximum atomic E-state index is 12.7. The summed E-state index contributed by atoms with van der Waals surface area (Å²) in [5.74, 6) is 0. The smallest absolute Gasteiger partial charge is 0.292 e. The van der Waals surface area contributed by atoms with Crippen molar-refractivity contribution in [1.29, 1.82) is 0 Å². The maximum Gasteiger partial charge on any atom is 0.329 e. The lowest BCUT2D eigenvalue weighted by Gasteiger charge is -2.19. The van der Waals surface area contributed by atoms with Crippen molar-refractivity contribution in [2.45, 2.75) is 18.9 Å². The van der Waals surface area contributed by atoms with Gasteiger partial charge in [0.1, 0.15) is 6.04 Å². The fourth-order valence-electron chi connectivity index (χ4n) is 3.39. The minimum atomic E-state index is -0.236.